The quantitative estimate of drug-likeness (QED) is 0.00836. The number of rotatable bonds is 25. The number of carbonyl (C=O) groups is 4. The van der Waals surface area contributed by atoms with Gasteiger partial charge in [0.1, 0.15) is 81.0 Å². The largest absolute Gasteiger partial charge is 0.383 e. The maximum absolute atomic E-state index is 13.5. The number of nitro groups is 1. The number of benzene rings is 1. The second-order valence-electron chi connectivity index (χ2n) is 25.3. The van der Waals surface area contributed by atoms with Crippen molar-refractivity contribution in [2.24, 2.45) is 38.1 Å². The number of hydrogen-bond acceptors (Lipinski definition) is 31. The van der Waals surface area contributed by atoms with E-state index in [0.717, 1.165) is 93.0 Å². The molecule has 35 nitrogen and oxygen atoms in total. The zero-order valence-electron chi connectivity index (χ0n) is 60.8. The fourth-order valence-electron chi connectivity index (χ4n) is 12.0. The number of ether oxygens (including phenoxy) is 1. The molecular weight excluding hydrogens is 1630 g/mol. The summed E-state index contributed by atoms with van der Waals surface area (Å²) in [5.41, 5.74) is 24.5. The third kappa shape index (κ3) is 19.0. The average molecular weight is 1710 g/mol. The minimum Gasteiger partial charge on any atom is -0.383 e. The molecule has 0 bridgehead atoms. The number of hydrogen-bond donors (Lipinski definition) is 10. The third-order valence-corrected chi connectivity index (χ3v) is 24.0. The Morgan fingerprint density at radius 2 is 1.33 bits per heavy atom. The fraction of sp³-hybridized carbons (Fsp3) is 0.290. The second kappa shape index (κ2) is 36.8. The first-order valence-electron chi connectivity index (χ1n) is 34.3. The van der Waals surface area contributed by atoms with E-state index < -0.39 is 22.6 Å². The van der Waals surface area contributed by atoms with Crippen LogP contribution in [0.2, 0.25) is 0 Å². The Balaban J connectivity index is 0.000000160. The number of nitrogens with one attached hydrogen (secondary N) is 7. The van der Waals surface area contributed by atoms with Gasteiger partial charge in [-0.3, -0.25) is 76.0 Å². The predicted octanol–water partition coefficient (Wildman–Crippen LogP) is 9.59. The van der Waals surface area contributed by atoms with Crippen LogP contribution in [-0.2, 0) is 28.8 Å². The van der Waals surface area contributed by atoms with Crippen molar-refractivity contribution in [3.05, 3.63) is 192 Å². The standard InChI is InChI=1S/C28H25ClN8O5S2.C24H28ClN9O3S3.C17H18N8O2S2/c1-15(12-16-6-4-3-5-7-16)25(42-2)33-23(30)21-24(38)35-44-26(21)34-28-31-14-19(43-28)27(39)36-11-9-18-22(36)17(8-10-29)13-20(32-18)37(40)41;1-12-7-16(33(2)17(35)8-25)30-14-4-6-34(19(12)14)23(37)15-10-29-24(39-15)31-22-18(21(36)32-40-22)20(26)28-5-3-13-9-27-11-38-13;1-8(2)22-12(18)11-14(26)24-29-15(11)23-17-21-7-10(28-17)16(27)25-6-3-9-13(25)20-5-4-19-9/h3-11,13-15,25H,12H2,1-2H3,(H2,30,33)(H,31,34)(H,35,38);7,10,13,27H,3-6,8-9,11H2,1-2H3,(H2,26,28)(H,29,31)(H,32,36);4-5,7-8H,3,6H2,1-2H3,(H2,18,22)(H,21,23)(H,24,26)/b10-8+;;. The van der Waals surface area contributed by atoms with Crippen molar-refractivity contribution in [3.63, 3.8) is 0 Å². The van der Waals surface area contributed by atoms with Gasteiger partial charge in [-0.25, -0.2) is 29.9 Å². The van der Waals surface area contributed by atoms with Gasteiger partial charge in [0.25, 0.3) is 34.4 Å². The van der Waals surface area contributed by atoms with Gasteiger partial charge in [0.2, 0.25) is 11.4 Å². The van der Waals surface area contributed by atoms with Gasteiger partial charge in [0, 0.05) is 118 Å². The van der Waals surface area contributed by atoms with Crippen LogP contribution < -0.4 is 69.8 Å². The summed E-state index contributed by atoms with van der Waals surface area (Å²) >= 11 is 19.9. The van der Waals surface area contributed by atoms with E-state index in [1.807, 2.05) is 69.8 Å². The zero-order valence-corrected chi connectivity index (χ0v) is 68.0. The van der Waals surface area contributed by atoms with Crippen LogP contribution >= 0.6 is 104 Å². The molecule has 113 heavy (non-hydrogen) atoms. The molecule has 10 aromatic heterocycles. The number of thiazole rings is 3. The minimum absolute atomic E-state index is 0.00472. The Hall–Kier alpha value is -10.8. The number of anilines is 9. The highest BCUT2D eigenvalue weighted by atomic mass is 35.5. The molecule has 3 atom stereocenters. The lowest BCUT2D eigenvalue weighted by Gasteiger charge is -2.20. The molecule has 1 fully saturated rings. The van der Waals surface area contributed by atoms with Crippen LogP contribution in [0.25, 0.3) is 17.1 Å². The predicted molar refractivity (Wildman–Crippen MR) is 449 cm³/mol. The molecule has 13 N–H and O–H groups in total. The topological polar surface area (TPSA) is 487 Å². The number of fused-ring (bicyclic) bond motifs is 3. The highest BCUT2D eigenvalue weighted by Crippen LogP contribution is 2.38. The van der Waals surface area contributed by atoms with Crippen molar-refractivity contribution >= 4 is 215 Å². The minimum atomic E-state index is -0.618. The van der Waals surface area contributed by atoms with Gasteiger partial charge in [-0.15, -0.1) is 23.4 Å². The number of amidine groups is 3. The SMILES string of the molecule is CC(C)N=C(N)c1c(Nc2ncc(C(=O)N3CCc4nccnc43)s2)s[nH]c1=O.COC(N=C(N)c1c(Nc2ncc(C(=O)n3ccc4nc([N+](=O)[O-])cc(/C=C/Cl)c43)s2)s[nH]c1=O)C(C)Cc1ccccc1.Cc1cc(N(C)C(=O)CCl)nc2c1N(C(=O)c1cnc(Nc3s[nH]c(=O)c3C(N)=NCCC3CNCS3)s1)CC2. The van der Waals surface area contributed by atoms with Gasteiger partial charge in [0.15, 0.2) is 27.4 Å². The molecule has 44 heteroatoms. The number of halogens is 2. The van der Waals surface area contributed by atoms with Gasteiger partial charge < -0.3 is 58.2 Å². The van der Waals surface area contributed by atoms with E-state index in [9.17, 15) is 43.7 Å². The molecule has 0 aliphatic carbocycles. The molecule has 13 heterocycles. The molecule has 588 valence electrons. The lowest BCUT2D eigenvalue weighted by Crippen LogP contribution is -2.29. The van der Waals surface area contributed by atoms with E-state index in [0.29, 0.717) is 107 Å². The number of carbonyl (C=O) groups excluding carboxylic acids is 4. The number of thioether (sulfide) groups is 1. The van der Waals surface area contributed by atoms with Crippen LogP contribution in [0.3, 0.4) is 0 Å². The summed E-state index contributed by atoms with van der Waals surface area (Å²) in [5, 5.41) is 27.0. The normalized spacial score (nSPS) is 14.7. The molecule has 11 aromatic rings. The fourth-order valence-corrected chi connectivity index (χ4v) is 18.0. The molecule has 0 radical (unpaired) electrons. The summed E-state index contributed by atoms with van der Waals surface area (Å²) in [4.78, 5) is 149. The summed E-state index contributed by atoms with van der Waals surface area (Å²) < 4.78 is 14.9. The van der Waals surface area contributed by atoms with Crippen molar-refractivity contribution in [1.82, 2.24) is 57.9 Å². The smallest absolute Gasteiger partial charge is 0.364 e. The first kappa shape index (κ1) is 81.7. The number of methoxy groups -OCH3 is 1. The van der Waals surface area contributed by atoms with Crippen LogP contribution in [0.1, 0.15) is 101 Å². The molecule has 0 saturated carbocycles. The number of pyridine rings is 2. The lowest BCUT2D eigenvalue weighted by molar-refractivity contribution is -0.389. The monoisotopic (exact) mass is 1700 g/mol. The number of aromatic nitrogens is 11. The Bertz CT molecular complexity index is 5670. The summed E-state index contributed by atoms with van der Waals surface area (Å²) in [6, 6.07) is 14.4. The van der Waals surface area contributed by atoms with Gasteiger partial charge in [0.05, 0.1) is 35.7 Å². The van der Waals surface area contributed by atoms with Crippen molar-refractivity contribution in [2.45, 2.75) is 70.9 Å². The van der Waals surface area contributed by atoms with Crippen LogP contribution in [0.5, 0.6) is 0 Å². The lowest BCUT2D eigenvalue weighted by atomic mass is 10.00. The number of H-pyrrole nitrogens is 3. The highest BCUT2D eigenvalue weighted by Gasteiger charge is 2.34. The van der Waals surface area contributed by atoms with E-state index >= 15 is 0 Å². The molecular formula is C69H71Cl2N25O10S7. The molecule has 1 saturated heterocycles. The van der Waals surface area contributed by atoms with Crippen LogP contribution in [0, 0.1) is 23.0 Å². The van der Waals surface area contributed by atoms with E-state index in [-0.39, 0.29) is 97.1 Å². The summed E-state index contributed by atoms with van der Waals surface area (Å²) in [6.07, 6.45) is 12.7. The molecule has 14 rings (SSSR count). The molecule has 3 aliphatic rings. The van der Waals surface area contributed by atoms with Gasteiger partial charge in [-0.1, -0.05) is 82.9 Å². The molecule has 1 aromatic carbocycles. The third-order valence-electron chi connectivity index (χ3n) is 17.3. The number of amides is 3. The van der Waals surface area contributed by atoms with Gasteiger partial charge in [-0.2, -0.15) is 0 Å². The number of aliphatic imine (C=N–C) groups is 3. The maximum Gasteiger partial charge on any atom is 0.364 e. The molecule has 3 unspecified atom stereocenters. The Labute approximate surface area is 680 Å². The number of nitrogens with zero attached hydrogens (tertiary/aromatic N) is 15. The summed E-state index contributed by atoms with van der Waals surface area (Å²) in [7, 11) is 3.16. The van der Waals surface area contributed by atoms with Crippen molar-refractivity contribution < 1.29 is 28.8 Å². The van der Waals surface area contributed by atoms with Crippen molar-refractivity contribution in [2.75, 3.05) is 82.7 Å². The summed E-state index contributed by atoms with van der Waals surface area (Å²) in [6.45, 7) is 10.1. The Morgan fingerprint density at radius 3 is 1.89 bits per heavy atom. The van der Waals surface area contributed by atoms with Gasteiger partial charge in [-0.05, 0) is 101 Å². The zero-order chi connectivity index (χ0) is 80.3. The van der Waals surface area contributed by atoms with E-state index in [1.165, 1.54) is 87.8 Å². The van der Waals surface area contributed by atoms with Crippen LogP contribution in [0.4, 0.5) is 53.5 Å². The maximum atomic E-state index is 13.5. The first-order valence-corrected chi connectivity index (χ1v) is 41.3. The second-order valence-corrected chi connectivity index (χ2v) is 32.6. The number of aryl methyl sites for hydroxylation is 1. The Kier molecular flexibility index (Phi) is 26.6. The molecule has 3 aliphatic heterocycles. The van der Waals surface area contributed by atoms with E-state index in [2.05, 4.69) is 84.3 Å². The number of alkyl halides is 1. The number of aromatic amines is 3. The first-order chi connectivity index (χ1) is 54.4. The van der Waals surface area contributed by atoms with E-state index in [4.69, 9.17) is 45.1 Å². The molecule has 0 spiro atoms. The average Bonchev–Trinajstić information content (AvgIpc) is 1.65. The van der Waals surface area contributed by atoms with Crippen molar-refractivity contribution in [3.8, 4) is 0 Å². The summed E-state index contributed by atoms with van der Waals surface area (Å²) in [5.74, 6) is 0.727. The van der Waals surface area contributed by atoms with Crippen LogP contribution in [-0.4, -0.2) is 168 Å². The van der Waals surface area contributed by atoms with E-state index in [1.54, 1.807) is 35.3 Å². The van der Waals surface area contributed by atoms with Crippen LogP contribution in [0.15, 0.2) is 121 Å². The van der Waals surface area contributed by atoms with Crippen molar-refractivity contribution in [1.29, 1.82) is 0 Å². The Morgan fingerprint density at radius 1 is 0.761 bits per heavy atom. The highest BCUT2D eigenvalue weighted by molar-refractivity contribution is 8.00. The molecule has 3 amide bonds. The van der Waals surface area contributed by atoms with Gasteiger partial charge >= 0.3 is 5.82 Å². The number of nitrogens with two attached hydrogens (primary N) is 3.